The minimum atomic E-state index is -4.13. The van der Waals surface area contributed by atoms with Crippen LogP contribution in [0, 0.1) is 5.82 Å². The van der Waals surface area contributed by atoms with Crippen LogP contribution in [0.3, 0.4) is 0 Å². The van der Waals surface area contributed by atoms with Gasteiger partial charge < -0.3 is 4.90 Å². The molecule has 1 amide bonds. The van der Waals surface area contributed by atoms with Gasteiger partial charge in [-0.1, -0.05) is 31.5 Å². The number of hydrogen-bond acceptors (Lipinski definition) is 5. The first kappa shape index (κ1) is 23.2. The maximum absolute atomic E-state index is 13.9. The van der Waals surface area contributed by atoms with E-state index in [4.69, 9.17) is 0 Å². The zero-order chi connectivity index (χ0) is 22.6. The Kier molecular flexibility index (Phi) is 7.00. The number of amides is 1. The first-order chi connectivity index (χ1) is 14.6. The standard InChI is InChI=1S/C21H25FN2O5S2/c1-2-3-12-24(17-11-13-30(26,27)15-17)21(25)16-7-6-8-18(14-16)31(28,29)23-20-10-5-4-9-19(20)22/h4-10,14,17,23H,2-3,11-13,15H2,1H3. The summed E-state index contributed by atoms with van der Waals surface area (Å²) in [6.07, 6.45) is 1.89. The number of sulfonamides is 1. The second kappa shape index (κ2) is 9.35. The van der Waals surface area contributed by atoms with Gasteiger partial charge in [-0.25, -0.2) is 21.2 Å². The number of nitrogens with one attached hydrogen (secondary N) is 1. The van der Waals surface area contributed by atoms with Gasteiger partial charge in [0.1, 0.15) is 5.82 Å². The number of benzene rings is 2. The van der Waals surface area contributed by atoms with Crippen LogP contribution < -0.4 is 4.72 Å². The highest BCUT2D eigenvalue weighted by atomic mass is 32.2. The lowest BCUT2D eigenvalue weighted by atomic mass is 10.1. The summed E-state index contributed by atoms with van der Waals surface area (Å²) in [4.78, 5) is 14.5. The lowest BCUT2D eigenvalue weighted by Crippen LogP contribution is -2.41. The average molecular weight is 469 g/mol. The van der Waals surface area contributed by atoms with Gasteiger partial charge in [0.05, 0.1) is 22.1 Å². The van der Waals surface area contributed by atoms with Crippen LogP contribution in [0.5, 0.6) is 0 Å². The SMILES string of the molecule is CCCCN(C(=O)c1cccc(S(=O)(=O)Nc2ccccc2F)c1)C1CCS(=O)(=O)C1. The van der Waals surface area contributed by atoms with Crippen LogP contribution in [0.25, 0.3) is 0 Å². The number of hydrogen-bond donors (Lipinski definition) is 1. The van der Waals surface area contributed by atoms with Gasteiger partial charge >= 0.3 is 0 Å². The molecule has 1 N–H and O–H groups in total. The molecule has 0 bridgehead atoms. The van der Waals surface area contributed by atoms with Crippen LogP contribution in [0.1, 0.15) is 36.5 Å². The van der Waals surface area contributed by atoms with Crippen molar-refractivity contribution in [3.05, 3.63) is 59.9 Å². The number of rotatable bonds is 8. The maximum Gasteiger partial charge on any atom is 0.262 e. The molecule has 7 nitrogen and oxygen atoms in total. The van der Waals surface area contributed by atoms with E-state index in [2.05, 4.69) is 4.72 Å². The normalized spacial score (nSPS) is 17.9. The molecule has 31 heavy (non-hydrogen) atoms. The lowest BCUT2D eigenvalue weighted by molar-refractivity contribution is 0.0694. The Balaban J connectivity index is 1.87. The van der Waals surface area contributed by atoms with Gasteiger partial charge in [-0.15, -0.1) is 0 Å². The van der Waals surface area contributed by atoms with Gasteiger partial charge in [-0.3, -0.25) is 9.52 Å². The van der Waals surface area contributed by atoms with Gasteiger partial charge in [-0.2, -0.15) is 0 Å². The monoisotopic (exact) mass is 468 g/mol. The summed E-state index contributed by atoms with van der Waals surface area (Å²) < 4.78 is 65.3. The maximum atomic E-state index is 13.9. The summed E-state index contributed by atoms with van der Waals surface area (Å²) in [7, 11) is -7.32. The van der Waals surface area contributed by atoms with E-state index in [-0.39, 0.29) is 27.7 Å². The van der Waals surface area contributed by atoms with Crippen LogP contribution >= 0.6 is 0 Å². The summed E-state index contributed by atoms with van der Waals surface area (Å²) in [5.74, 6) is -1.19. The molecule has 0 spiro atoms. The topological polar surface area (TPSA) is 101 Å². The molecule has 1 aliphatic heterocycles. The van der Waals surface area contributed by atoms with Crippen LogP contribution in [-0.4, -0.2) is 51.7 Å². The predicted octanol–water partition coefficient (Wildman–Crippen LogP) is 3.06. The second-order valence-corrected chi connectivity index (χ2v) is 11.4. The summed E-state index contributed by atoms with van der Waals surface area (Å²) >= 11 is 0. The Bertz CT molecular complexity index is 1170. The molecule has 1 fully saturated rings. The first-order valence-electron chi connectivity index (χ1n) is 10.0. The lowest BCUT2D eigenvalue weighted by Gasteiger charge is -2.28. The third-order valence-electron chi connectivity index (χ3n) is 5.17. The molecule has 1 unspecified atom stereocenters. The number of anilines is 1. The van der Waals surface area contributed by atoms with Crippen molar-refractivity contribution in [1.29, 1.82) is 0 Å². The molecule has 0 aliphatic carbocycles. The molecule has 0 aromatic heterocycles. The number of para-hydroxylation sites is 1. The number of sulfone groups is 1. The molecule has 1 atom stereocenters. The minimum absolute atomic E-state index is 0.0363. The fourth-order valence-corrected chi connectivity index (χ4v) is 6.35. The minimum Gasteiger partial charge on any atom is -0.335 e. The van der Waals surface area contributed by atoms with Crippen molar-refractivity contribution in [2.45, 2.75) is 37.1 Å². The van der Waals surface area contributed by atoms with Gasteiger partial charge in [0.25, 0.3) is 15.9 Å². The Labute approximate surface area is 182 Å². The number of carbonyl (C=O) groups is 1. The number of carbonyl (C=O) groups excluding carboxylic acids is 1. The molecule has 2 aromatic rings. The van der Waals surface area contributed by atoms with Gasteiger partial charge in [0.2, 0.25) is 0 Å². The van der Waals surface area contributed by atoms with Crippen molar-refractivity contribution in [1.82, 2.24) is 4.90 Å². The van der Waals surface area contributed by atoms with Crippen LogP contribution in [-0.2, 0) is 19.9 Å². The highest BCUT2D eigenvalue weighted by Crippen LogP contribution is 2.23. The van der Waals surface area contributed by atoms with Gasteiger partial charge in [0, 0.05) is 18.2 Å². The molecule has 3 rings (SSSR count). The Morgan fingerprint density at radius 1 is 1.19 bits per heavy atom. The smallest absolute Gasteiger partial charge is 0.262 e. The first-order valence-corrected chi connectivity index (χ1v) is 13.3. The third-order valence-corrected chi connectivity index (χ3v) is 8.29. The van der Waals surface area contributed by atoms with E-state index >= 15 is 0 Å². The molecule has 1 aliphatic rings. The van der Waals surface area contributed by atoms with E-state index in [0.717, 1.165) is 12.5 Å². The van der Waals surface area contributed by atoms with E-state index in [0.29, 0.717) is 19.4 Å². The fraction of sp³-hybridized carbons (Fsp3) is 0.381. The van der Waals surface area contributed by atoms with Crippen LogP contribution in [0.4, 0.5) is 10.1 Å². The third kappa shape index (κ3) is 5.62. The molecule has 168 valence electrons. The number of halogens is 1. The average Bonchev–Trinajstić information content (AvgIpc) is 3.09. The van der Waals surface area contributed by atoms with Crippen LogP contribution in [0.2, 0.25) is 0 Å². The summed E-state index contributed by atoms with van der Waals surface area (Å²) in [6, 6.07) is 10.4. The van der Waals surface area contributed by atoms with E-state index in [1.54, 1.807) is 0 Å². The van der Waals surface area contributed by atoms with E-state index in [1.165, 1.54) is 47.4 Å². The van der Waals surface area contributed by atoms with Gasteiger partial charge in [0.15, 0.2) is 9.84 Å². The molecule has 0 saturated carbocycles. The summed E-state index contributed by atoms with van der Waals surface area (Å²) in [5.41, 5.74) is -0.0585. The number of nitrogens with zero attached hydrogens (tertiary/aromatic N) is 1. The molecule has 1 heterocycles. The molecule has 0 radical (unpaired) electrons. The van der Waals surface area contributed by atoms with Crippen molar-refractivity contribution in [3.63, 3.8) is 0 Å². The Morgan fingerprint density at radius 3 is 2.58 bits per heavy atom. The molecular formula is C21H25FN2O5S2. The summed E-state index contributed by atoms with van der Waals surface area (Å²) in [6.45, 7) is 2.36. The Morgan fingerprint density at radius 2 is 1.94 bits per heavy atom. The molecule has 10 heteroatoms. The van der Waals surface area contributed by atoms with Crippen molar-refractivity contribution >= 4 is 31.5 Å². The zero-order valence-corrected chi connectivity index (χ0v) is 18.8. The molecule has 1 saturated heterocycles. The predicted molar refractivity (Wildman–Crippen MR) is 117 cm³/mol. The van der Waals surface area contributed by atoms with Crippen molar-refractivity contribution < 1.29 is 26.0 Å². The molecular weight excluding hydrogens is 443 g/mol. The van der Waals surface area contributed by atoms with E-state index in [9.17, 15) is 26.0 Å². The highest BCUT2D eigenvalue weighted by Gasteiger charge is 2.35. The van der Waals surface area contributed by atoms with Gasteiger partial charge in [-0.05, 0) is 43.2 Å². The van der Waals surface area contributed by atoms with E-state index in [1.807, 2.05) is 6.92 Å². The summed E-state index contributed by atoms with van der Waals surface area (Å²) in [5, 5.41) is 0. The highest BCUT2D eigenvalue weighted by molar-refractivity contribution is 7.92. The quantitative estimate of drug-likeness (QED) is 0.642. The second-order valence-electron chi connectivity index (χ2n) is 7.52. The molecule has 2 aromatic carbocycles. The van der Waals surface area contributed by atoms with E-state index < -0.39 is 37.6 Å². The van der Waals surface area contributed by atoms with Crippen molar-refractivity contribution in [2.75, 3.05) is 22.8 Å². The van der Waals surface area contributed by atoms with Crippen molar-refractivity contribution in [2.24, 2.45) is 0 Å². The largest absolute Gasteiger partial charge is 0.335 e. The number of unbranched alkanes of at least 4 members (excludes halogenated alkanes) is 1. The van der Waals surface area contributed by atoms with Crippen molar-refractivity contribution in [3.8, 4) is 0 Å². The van der Waals surface area contributed by atoms with Crippen LogP contribution in [0.15, 0.2) is 53.4 Å². The Hall–Kier alpha value is -2.46. The zero-order valence-electron chi connectivity index (χ0n) is 17.1. The fourth-order valence-electron chi connectivity index (χ4n) is 3.51.